The number of sulfonamides is 1. The Hall–Kier alpha value is -2.01. The molecule has 0 saturated heterocycles. The Morgan fingerprint density at radius 3 is 1.87 bits per heavy atom. The first-order chi connectivity index (χ1) is 10.6. The lowest BCUT2D eigenvalue weighted by Crippen LogP contribution is -2.28. The van der Waals surface area contributed by atoms with Crippen molar-refractivity contribution in [2.75, 3.05) is 30.0 Å². The number of methoxy groups -OCH3 is 1. The maximum Gasteiger partial charge on any atom is 0.248 e. The second-order valence-corrected chi connectivity index (χ2v) is 8.70. The molecule has 0 spiro atoms. The van der Waals surface area contributed by atoms with Gasteiger partial charge in [-0.15, -0.1) is 0 Å². The van der Waals surface area contributed by atoms with Crippen molar-refractivity contribution in [2.45, 2.75) is 0 Å². The quantitative estimate of drug-likeness (QED) is 0.699. The monoisotopic (exact) mass is 379 g/mol. The van der Waals surface area contributed by atoms with Crippen molar-refractivity contribution in [3.05, 3.63) is 24.3 Å². The number of hydrogen-bond donors (Lipinski definition) is 0. The minimum Gasteiger partial charge on any atom is -0.497 e. The van der Waals surface area contributed by atoms with Crippen molar-refractivity contribution < 1.29 is 21.6 Å². The Morgan fingerprint density at radius 1 is 1.09 bits per heavy atom. The lowest BCUT2D eigenvalue weighted by Gasteiger charge is -2.17. The molecule has 0 heterocycles. The zero-order valence-electron chi connectivity index (χ0n) is 12.3. The summed E-state index contributed by atoms with van der Waals surface area (Å²) in [7, 11) is 0.412. The maximum atomic E-state index is 11.6. The number of nitriles is 2. The third kappa shape index (κ3) is 8.26. The number of benzene rings is 1. The highest BCUT2D eigenvalue weighted by atomic mass is 35.7. The van der Waals surface area contributed by atoms with Gasteiger partial charge in [-0.3, -0.25) is 4.31 Å². The van der Waals surface area contributed by atoms with Gasteiger partial charge in [-0.05, 0) is 24.3 Å². The molecule has 0 N–H and O–H groups in total. The largest absolute Gasteiger partial charge is 0.497 e. The summed E-state index contributed by atoms with van der Waals surface area (Å²) < 4.78 is 48.7. The van der Waals surface area contributed by atoms with Crippen LogP contribution in [0.3, 0.4) is 0 Å². The lowest BCUT2D eigenvalue weighted by molar-refractivity contribution is 0.415. The SMILES string of the molecule is COc1ccc(N(C)S(=O)(=O)CC#N)cc1.N#CCS(=O)(=O)Cl. The fourth-order valence-electron chi connectivity index (χ4n) is 1.21. The number of halogens is 1. The van der Waals surface area contributed by atoms with Crippen LogP contribution in [0.15, 0.2) is 24.3 Å². The van der Waals surface area contributed by atoms with Gasteiger partial charge >= 0.3 is 0 Å². The molecular weight excluding hydrogens is 366 g/mol. The molecular formula is C12H14ClN3O5S2. The molecule has 0 bridgehead atoms. The van der Waals surface area contributed by atoms with Crippen LogP contribution in [0.1, 0.15) is 0 Å². The summed E-state index contributed by atoms with van der Waals surface area (Å²) >= 11 is 0. The van der Waals surface area contributed by atoms with E-state index >= 15 is 0 Å². The van der Waals surface area contributed by atoms with Gasteiger partial charge in [0.2, 0.25) is 19.1 Å². The molecule has 0 atom stereocenters. The molecule has 1 rings (SSSR count). The fraction of sp³-hybridized carbons (Fsp3) is 0.333. The van der Waals surface area contributed by atoms with Gasteiger partial charge in [0.1, 0.15) is 5.75 Å². The topological polar surface area (TPSA) is 128 Å². The van der Waals surface area contributed by atoms with Crippen molar-refractivity contribution in [1.29, 1.82) is 10.5 Å². The van der Waals surface area contributed by atoms with Gasteiger partial charge in [0.15, 0.2) is 11.5 Å². The van der Waals surface area contributed by atoms with E-state index in [1.807, 2.05) is 0 Å². The van der Waals surface area contributed by atoms with E-state index in [1.165, 1.54) is 20.2 Å². The summed E-state index contributed by atoms with van der Waals surface area (Å²) in [5.41, 5.74) is 0.496. The van der Waals surface area contributed by atoms with Crippen molar-refractivity contribution in [3.8, 4) is 17.9 Å². The van der Waals surface area contributed by atoms with Crippen LogP contribution in [-0.2, 0) is 19.1 Å². The molecule has 1 aromatic carbocycles. The maximum absolute atomic E-state index is 11.6. The number of anilines is 1. The normalized spacial score (nSPS) is 10.5. The molecule has 8 nitrogen and oxygen atoms in total. The Morgan fingerprint density at radius 2 is 1.57 bits per heavy atom. The smallest absolute Gasteiger partial charge is 0.248 e. The second kappa shape index (κ2) is 9.20. The summed E-state index contributed by atoms with van der Waals surface area (Å²) in [6.07, 6.45) is 0. The average Bonchev–Trinajstić information content (AvgIpc) is 2.46. The van der Waals surface area contributed by atoms with Crippen LogP contribution < -0.4 is 9.04 Å². The van der Waals surface area contributed by atoms with Crippen molar-refractivity contribution >= 4 is 35.4 Å². The van der Waals surface area contributed by atoms with Gasteiger partial charge in [0.05, 0.1) is 24.9 Å². The van der Waals surface area contributed by atoms with Gasteiger partial charge in [0, 0.05) is 17.7 Å². The first kappa shape index (κ1) is 21.0. The van der Waals surface area contributed by atoms with Crippen LogP contribution in [0, 0.1) is 22.7 Å². The molecule has 0 aliphatic rings. The Balaban J connectivity index is 0.000000585. The van der Waals surface area contributed by atoms with Gasteiger partial charge in [-0.2, -0.15) is 10.5 Å². The molecule has 1 aromatic rings. The zero-order chi connectivity index (χ0) is 18.1. The van der Waals surface area contributed by atoms with Crippen LogP contribution in [0.25, 0.3) is 0 Å². The summed E-state index contributed by atoms with van der Waals surface area (Å²) in [4.78, 5) is 0. The number of hydrogen-bond acceptors (Lipinski definition) is 7. The average molecular weight is 380 g/mol. The van der Waals surface area contributed by atoms with E-state index < -0.39 is 30.6 Å². The molecule has 0 aliphatic carbocycles. The third-order valence-corrected chi connectivity index (χ3v) is 4.68. The first-order valence-corrected chi connectivity index (χ1v) is 9.93. The van der Waals surface area contributed by atoms with Crippen molar-refractivity contribution in [2.24, 2.45) is 0 Å². The van der Waals surface area contributed by atoms with E-state index in [1.54, 1.807) is 30.3 Å². The predicted molar refractivity (Wildman–Crippen MR) is 86.0 cm³/mol. The van der Waals surface area contributed by atoms with E-state index in [2.05, 4.69) is 10.7 Å². The molecule has 0 fully saturated rings. The molecule has 0 unspecified atom stereocenters. The van der Waals surface area contributed by atoms with E-state index in [0.717, 1.165) is 4.31 Å². The summed E-state index contributed by atoms with van der Waals surface area (Å²) in [6, 6.07) is 9.57. The van der Waals surface area contributed by atoms with E-state index in [9.17, 15) is 16.8 Å². The number of rotatable bonds is 5. The molecule has 11 heteroatoms. The molecule has 0 radical (unpaired) electrons. The molecule has 0 saturated carbocycles. The van der Waals surface area contributed by atoms with Gasteiger partial charge in [-0.25, -0.2) is 16.8 Å². The summed E-state index contributed by atoms with van der Waals surface area (Å²) in [6.45, 7) is 0. The van der Waals surface area contributed by atoms with Crippen molar-refractivity contribution in [3.63, 3.8) is 0 Å². The van der Waals surface area contributed by atoms with E-state index in [4.69, 9.17) is 15.3 Å². The summed E-state index contributed by atoms with van der Waals surface area (Å²) in [5, 5.41) is 16.1. The van der Waals surface area contributed by atoms with E-state index in [-0.39, 0.29) is 0 Å². The zero-order valence-corrected chi connectivity index (χ0v) is 14.7. The highest BCUT2D eigenvalue weighted by Gasteiger charge is 2.17. The molecule has 0 amide bonds. The molecule has 0 aliphatic heterocycles. The third-order valence-electron chi connectivity index (χ3n) is 2.34. The second-order valence-electron chi connectivity index (χ2n) is 3.92. The van der Waals surface area contributed by atoms with E-state index in [0.29, 0.717) is 11.4 Å². The van der Waals surface area contributed by atoms with Crippen LogP contribution in [-0.4, -0.2) is 42.5 Å². The van der Waals surface area contributed by atoms with Gasteiger partial charge in [-0.1, -0.05) is 0 Å². The molecule has 126 valence electrons. The fourth-order valence-corrected chi connectivity index (χ4v) is 2.31. The van der Waals surface area contributed by atoms with Crippen LogP contribution in [0.5, 0.6) is 5.75 Å². The summed E-state index contributed by atoms with van der Waals surface area (Å²) in [5.74, 6) is -0.501. The Bertz CT molecular complexity index is 793. The number of ether oxygens (including phenoxy) is 1. The Labute approximate surface area is 139 Å². The van der Waals surface area contributed by atoms with Crippen LogP contribution in [0.2, 0.25) is 0 Å². The predicted octanol–water partition coefficient (Wildman–Crippen LogP) is 1.06. The first-order valence-electron chi connectivity index (χ1n) is 5.84. The molecule has 23 heavy (non-hydrogen) atoms. The minimum absolute atomic E-state index is 0.496. The lowest BCUT2D eigenvalue weighted by atomic mass is 10.3. The highest BCUT2D eigenvalue weighted by molar-refractivity contribution is 8.13. The highest BCUT2D eigenvalue weighted by Crippen LogP contribution is 2.20. The van der Waals surface area contributed by atoms with Crippen LogP contribution in [0.4, 0.5) is 5.69 Å². The van der Waals surface area contributed by atoms with Crippen molar-refractivity contribution in [1.82, 2.24) is 0 Å². The Kier molecular flexibility index (Phi) is 8.40. The van der Waals surface area contributed by atoms with Crippen LogP contribution >= 0.6 is 10.7 Å². The van der Waals surface area contributed by atoms with Gasteiger partial charge < -0.3 is 4.74 Å². The standard InChI is InChI=1S/C10H12N2O3S.C2H2ClNO2S/c1-12(16(13,14)8-7-11)9-3-5-10(15-2)6-4-9;3-7(5,6)2-1-4/h3-6H,8H2,1-2H3;2H2. The number of nitrogens with zero attached hydrogens (tertiary/aromatic N) is 3. The molecule has 0 aromatic heterocycles. The van der Waals surface area contributed by atoms with Gasteiger partial charge in [0.25, 0.3) is 0 Å². The minimum atomic E-state index is -3.56.